The highest BCUT2D eigenvalue weighted by atomic mass is 35.5. The second-order valence-electron chi connectivity index (χ2n) is 6.67. The SMILES string of the molecule is CCOc1cc(/C=N\NC(=O)c2ccc(Cl)cc2)cc(Cl)c1OCC(=O)Nc1ccccc1. The van der Waals surface area contributed by atoms with Crippen LogP contribution in [-0.4, -0.2) is 31.2 Å². The molecule has 0 aliphatic heterocycles. The number of nitrogens with zero attached hydrogens (tertiary/aromatic N) is 1. The van der Waals surface area contributed by atoms with Gasteiger partial charge in [-0.3, -0.25) is 9.59 Å². The van der Waals surface area contributed by atoms with Crippen LogP contribution in [0.2, 0.25) is 10.0 Å². The summed E-state index contributed by atoms with van der Waals surface area (Å²) in [6.45, 7) is 1.92. The minimum absolute atomic E-state index is 0.235. The lowest BCUT2D eigenvalue weighted by Gasteiger charge is -2.14. The molecule has 0 aliphatic carbocycles. The van der Waals surface area contributed by atoms with Gasteiger partial charge in [-0.2, -0.15) is 5.10 Å². The number of nitrogens with one attached hydrogen (secondary N) is 2. The fourth-order valence-corrected chi connectivity index (χ4v) is 3.15. The summed E-state index contributed by atoms with van der Waals surface area (Å²) in [5.74, 6) is -0.134. The fraction of sp³-hybridized carbons (Fsp3) is 0.125. The Morgan fingerprint density at radius 2 is 1.73 bits per heavy atom. The Morgan fingerprint density at radius 1 is 1.00 bits per heavy atom. The van der Waals surface area contributed by atoms with Gasteiger partial charge in [0.2, 0.25) is 0 Å². The summed E-state index contributed by atoms with van der Waals surface area (Å²) in [5.41, 5.74) is 4.09. The largest absolute Gasteiger partial charge is 0.490 e. The van der Waals surface area contributed by atoms with Gasteiger partial charge in [-0.05, 0) is 61.0 Å². The maximum atomic E-state index is 12.2. The van der Waals surface area contributed by atoms with Crippen molar-refractivity contribution in [1.29, 1.82) is 0 Å². The summed E-state index contributed by atoms with van der Waals surface area (Å²) in [4.78, 5) is 24.3. The maximum absolute atomic E-state index is 12.2. The number of carbonyl (C=O) groups excluding carboxylic acids is 2. The summed E-state index contributed by atoms with van der Waals surface area (Å²) >= 11 is 12.2. The van der Waals surface area contributed by atoms with E-state index in [2.05, 4.69) is 15.8 Å². The van der Waals surface area contributed by atoms with E-state index in [4.69, 9.17) is 32.7 Å². The van der Waals surface area contributed by atoms with E-state index in [1.807, 2.05) is 25.1 Å². The molecule has 0 spiro atoms. The number of hydrazone groups is 1. The standard InChI is InChI=1S/C24H21Cl2N3O4/c1-2-32-21-13-16(14-27-29-24(31)17-8-10-18(25)11-9-17)12-20(26)23(21)33-15-22(30)28-19-6-4-3-5-7-19/h3-14H,2,15H2,1H3,(H,28,30)(H,29,31)/b27-14-. The molecule has 0 atom stereocenters. The first-order valence-electron chi connectivity index (χ1n) is 9.99. The highest BCUT2D eigenvalue weighted by Gasteiger charge is 2.14. The number of rotatable bonds is 9. The monoisotopic (exact) mass is 485 g/mol. The molecule has 0 bridgehead atoms. The van der Waals surface area contributed by atoms with Crippen molar-refractivity contribution in [3.63, 3.8) is 0 Å². The molecule has 3 rings (SSSR count). The maximum Gasteiger partial charge on any atom is 0.271 e. The van der Waals surface area contributed by atoms with Crippen LogP contribution in [0, 0.1) is 0 Å². The Morgan fingerprint density at radius 3 is 2.42 bits per heavy atom. The van der Waals surface area contributed by atoms with E-state index in [1.165, 1.54) is 6.21 Å². The number of para-hydroxylation sites is 1. The Hall–Kier alpha value is -3.55. The molecule has 0 unspecified atom stereocenters. The Bertz CT molecular complexity index is 1140. The van der Waals surface area contributed by atoms with Crippen molar-refractivity contribution < 1.29 is 19.1 Å². The predicted octanol–water partition coefficient (Wildman–Crippen LogP) is 5.17. The van der Waals surface area contributed by atoms with Crippen LogP contribution in [0.3, 0.4) is 0 Å². The van der Waals surface area contributed by atoms with Gasteiger partial charge in [0, 0.05) is 16.3 Å². The zero-order valence-corrected chi connectivity index (χ0v) is 19.2. The van der Waals surface area contributed by atoms with E-state index in [1.54, 1.807) is 48.5 Å². The normalized spacial score (nSPS) is 10.6. The Labute approximate surface area is 201 Å². The summed E-state index contributed by atoms with van der Waals surface area (Å²) in [6, 6.07) is 18.7. The molecule has 0 saturated heterocycles. The van der Waals surface area contributed by atoms with E-state index in [-0.39, 0.29) is 29.2 Å². The zero-order chi connectivity index (χ0) is 23.6. The lowest BCUT2D eigenvalue weighted by Crippen LogP contribution is -2.20. The number of carbonyl (C=O) groups is 2. The zero-order valence-electron chi connectivity index (χ0n) is 17.7. The minimum atomic E-state index is -0.386. The number of ether oxygens (including phenoxy) is 2. The van der Waals surface area contributed by atoms with Crippen LogP contribution in [0.15, 0.2) is 71.8 Å². The summed E-state index contributed by atoms with van der Waals surface area (Å²) in [5, 5.41) is 7.46. The minimum Gasteiger partial charge on any atom is -0.490 e. The van der Waals surface area contributed by atoms with Crippen LogP contribution in [-0.2, 0) is 4.79 Å². The molecule has 2 amide bonds. The molecule has 7 nitrogen and oxygen atoms in total. The highest BCUT2D eigenvalue weighted by molar-refractivity contribution is 6.32. The fourth-order valence-electron chi connectivity index (χ4n) is 2.75. The smallest absolute Gasteiger partial charge is 0.271 e. The van der Waals surface area contributed by atoms with Crippen molar-refractivity contribution in [2.24, 2.45) is 5.10 Å². The van der Waals surface area contributed by atoms with Gasteiger partial charge in [-0.15, -0.1) is 0 Å². The average molecular weight is 486 g/mol. The average Bonchev–Trinajstić information content (AvgIpc) is 2.80. The third-order valence-corrected chi connectivity index (χ3v) is 4.76. The van der Waals surface area contributed by atoms with Gasteiger partial charge in [-0.1, -0.05) is 41.4 Å². The molecule has 3 aromatic carbocycles. The number of hydrogen-bond donors (Lipinski definition) is 2. The number of anilines is 1. The van der Waals surface area contributed by atoms with Gasteiger partial charge in [-0.25, -0.2) is 5.43 Å². The summed E-state index contributed by atoms with van der Waals surface area (Å²) in [6.07, 6.45) is 1.42. The molecule has 170 valence electrons. The first-order chi connectivity index (χ1) is 16.0. The molecule has 0 aromatic heterocycles. The first-order valence-corrected chi connectivity index (χ1v) is 10.7. The molecule has 9 heteroatoms. The summed E-state index contributed by atoms with van der Waals surface area (Å²) < 4.78 is 11.2. The van der Waals surface area contributed by atoms with Crippen molar-refractivity contribution >= 4 is 46.9 Å². The quantitative estimate of drug-likeness (QED) is 0.323. The first kappa shape index (κ1) is 24.1. The molecule has 2 N–H and O–H groups in total. The van der Waals surface area contributed by atoms with Crippen LogP contribution in [0.1, 0.15) is 22.8 Å². The third-order valence-electron chi connectivity index (χ3n) is 4.22. The van der Waals surface area contributed by atoms with Crippen molar-refractivity contribution in [3.8, 4) is 11.5 Å². The van der Waals surface area contributed by atoms with E-state index in [0.29, 0.717) is 34.2 Å². The number of amides is 2. The highest BCUT2D eigenvalue weighted by Crippen LogP contribution is 2.36. The van der Waals surface area contributed by atoms with E-state index < -0.39 is 0 Å². The molecule has 3 aromatic rings. The van der Waals surface area contributed by atoms with Gasteiger partial charge in [0.25, 0.3) is 11.8 Å². The van der Waals surface area contributed by atoms with Crippen LogP contribution in [0.5, 0.6) is 11.5 Å². The Balaban J connectivity index is 1.65. The van der Waals surface area contributed by atoms with Gasteiger partial charge < -0.3 is 14.8 Å². The predicted molar refractivity (Wildman–Crippen MR) is 130 cm³/mol. The van der Waals surface area contributed by atoms with E-state index in [0.717, 1.165) is 0 Å². The topological polar surface area (TPSA) is 89.0 Å². The van der Waals surface area contributed by atoms with Crippen LogP contribution >= 0.6 is 23.2 Å². The Kier molecular flexibility index (Phi) is 8.69. The molecular formula is C24H21Cl2N3O4. The second kappa shape index (κ2) is 11.9. The van der Waals surface area contributed by atoms with Gasteiger partial charge in [0.15, 0.2) is 18.1 Å². The third kappa shape index (κ3) is 7.24. The van der Waals surface area contributed by atoms with Gasteiger partial charge in [0.1, 0.15) is 0 Å². The van der Waals surface area contributed by atoms with Gasteiger partial charge >= 0.3 is 0 Å². The number of halogens is 2. The lowest BCUT2D eigenvalue weighted by atomic mass is 10.2. The molecule has 0 saturated carbocycles. The van der Waals surface area contributed by atoms with Crippen LogP contribution in [0.4, 0.5) is 5.69 Å². The molecule has 0 heterocycles. The molecule has 0 radical (unpaired) electrons. The van der Waals surface area contributed by atoms with E-state index >= 15 is 0 Å². The van der Waals surface area contributed by atoms with Crippen molar-refractivity contribution in [2.45, 2.75) is 6.92 Å². The molecular weight excluding hydrogens is 465 g/mol. The molecule has 0 aliphatic rings. The van der Waals surface area contributed by atoms with Gasteiger partial charge in [0.05, 0.1) is 17.8 Å². The summed E-state index contributed by atoms with van der Waals surface area (Å²) in [7, 11) is 0. The van der Waals surface area contributed by atoms with Crippen LogP contribution in [0.25, 0.3) is 0 Å². The number of benzene rings is 3. The van der Waals surface area contributed by atoms with Crippen molar-refractivity contribution in [1.82, 2.24) is 5.43 Å². The van der Waals surface area contributed by atoms with E-state index in [9.17, 15) is 9.59 Å². The van der Waals surface area contributed by atoms with Crippen molar-refractivity contribution in [2.75, 3.05) is 18.5 Å². The van der Waals surface area contributed by atoms with Crippen molar-refractivity contribution in [3.05, 3.63) is 87.9 Å². The molecule has 33 heavy (non-hydrogen) atoms. The number of hydrogen-bond acceptors (Lipinski definition) is 5. The molecule has 0 fully saturated rings. The lowest BCUT2D eigenvalue weighted by molar-refractivity contribution is -0.118. The van der Waals surface area contributed by atoms with Crippen LogP contribution < -0.4 is 20.2 Å². The second-order valence-corrected chi connectivity index (χ2v) is 7.52.